The average Bonchev–Trinajstić information content (AvgIpc) is 2.19. The first kappa shape index (κ1) is 12.0. The number of hydrogen-bond donors (Lipinski definition) is 1. The third kappa shape index (κ3) is 4.00. The van der Waals surface area contributed by atoms with Crippen LogP contribution >= 0.6 is 0 Å². The molecule has 1 N–H and O–H groups in total. The monoisotopic (exact) mass is 197 g/mol. The van der Waals surface area contributed by atoms with Crippen molar-refractivity contribution in [3.05, 3.63) is 0 Å². The molecular weight excluding hydrogens is 170 g/mol. The van der Waals surface area contributed by atoms with Crippen LogP contribution in [0.5, 0.6) is 0 Å². The molecule has 1 heteroatoms. The molecule has 14 heavy (non-hydrogen) atoms. The quantitative estimate of drug-likeness (QED) is 0.664. The van der Waals surface area contributed by atoms with Gasteiger partial charge in [-0.25, -0.2) is 0 Å². The average molecular weight is 197 g/mol. The van der Waals surface area contributed by atoms with Gasteiger partial charge in [0.25, 0.3) is 0 Å². The maximum absolute atomic E-state index is 3.68. The van der Waals surface area contributed by atoms with Gasteiger partial charge in [-0.05, 0) is 50.5 Å². The molecule has 0 aromatic carbocycles. The predicted molar refractivity (Wildman–Crippen MR) is 63.5 cm³/mol. The molecule has 0 aromatic heterocycles. The SMILES string of the molecule is CCCCN[C@H]1CC[C@@H](C(C)C)CC1. The van der Waals surface area contributed by atoms with Crippen LogP contribution in [0, 0.1) is 11.8 Å². The summed E-state index contributed by atoms with van der Waals surface area (Å²) in [7, 11) is 0. The van der Waals surface area contributed by atoms with Gasteiger partial charge in [-0.3, -0.25) is 0 Å². The Balaban J connectivity index is 2.09. The van der Waals surface area contributed by atoms with Crippen LogP contribution in [0.2, 0.25) is 0 Å². The zero-order chi connectivity index (χ0) is 10.4. The third-order valence-electron chi connectivity index (χ3n) is 3.68. The molecule has 0 bridgehead atoms. The second-order valence-electron chi connectivity index (χ2n) is 5.16. The highest BCUT2D eigenvalue weighted by Crippen LogP contribution is 2.29. The van der Waals surface area contributed by atoms with Crippen LogP contribution in [0.25, 0.3) is 0 Å². The van der Waals surface area contributed by atoms with E-state index in [0.717, 1.165) is 17.9 Å². The number of rotatable bonds is 5. The fraction of sp³-hybridized carbons (Fsp3) is 1.00. The largest absolute Gasteiger partial charge is 0.314 e. The van der Waals surface area contributed by atoms with Crippen molar-refractivity contribution in [2.45, 2.75) is 65.3 Å². The molecule has 0 aliphatic heterocycles. The summed E-state index contributed by atoms with van der Waals surface area (Å²) in [5.41, 5.74) is 0. The molecule has 84 valence electrons. The van der Waals surface area contributed by atoms with Gasteiger partial charge in [0.2, 0.25) is 0 Å². The Morgan fingerprint density at radius 3 is 2.29 bits per heavy atom. The summed E-state index contributed by atoms with van der Waals surface area (Å²) in [4.78, 5) is 0. The van der Waals surface area contributed by atoms with Gasteiger partial charge in [-0.15, -0.1) is 0 Å². The Morgan fingerprint density at radius 2 is 1.79 bits per heavy atom. The minimum atomic E-state index is 0.830. The minimum Gasteiger partial charge on any atom is -0.314 e. The summed E-state index contributed by atoms with van der Waals surface area (Å²) in [6.07, 6.45) is 8.36. The van der Waals surface area contributed by atoms with E-state index < -0.39 is 0 Å². The van der Waals surface area contributed by atoms with E-state index in [1.54, 1.807) is 0 Å². The van der Waals surface area contributed by atoms with Gasteiger partial charge in [0.1, 0.15) is 0 Å². The molecule has 0 amide bonds. The molecule has 1 aliphatic rings. The predicted octanol–water partition coefficient (Wildman–Crippen LogP) is 3.59. The molecule has 1 aliphatic carbocycles. The van der Waals surface area contributed by atoms with Crippen LogP contribution < -0.4 is 5.32 Å². The Labute approximate surface area is 89.7 Å². The summed E-state index contributed by atoms with van der Waals surface area (Å²) in [5.74, 6) is 1.89. The molecule has 0 saturated heterocycles. The lowest BCUT2D eigenvalue weighted by Gasteiger charge is -2.31. The molecule has 0 radical (unpaired) electrons. The first-order chi connectivity index (χ1) is 6.74. The van der Waals surface area contributed by atoms with Gasteiger partial charge >= 0.3 is 0 Å². The molecule has 0 atom stereocenters. The molecule has 0 unspecified atom stereocenters. The lowest BCUT2D eigenvalue weighted by atomic mass is 9.80. The smallest absolute Gasteiger partial charge is 0.00672 e. The molecule has 1 rings (SSSR count). The fourth-order valence-corrected chi connectivity index (χ4v) is 2.47. The molecule has 0 aromatic rings. The maximum atomic E-state index is 3.68. The first-order valence-electron chi connectivity index (χ1n) is 6.47. The molecule has 1 nitrogen and oxygen atoms in total. The van der Waals surface area contributed by atoms with Crippen molar-refractivity contribution in [2.75, 3.05) is 6.54 Å². The fourth-order valence-electron chi connectivity index (χ4n) is 2.47. The zero-order valence-corrected chi connectivity index (χ0v) is 10.2. The van der Waals surface area contributed by atoms with Crippen molar-refractivity contribution in [3.63, 3.8) is 0 Å². The third-order valence-corrected chi connectivity index (χ3v) is 3.68. The van der Waals surface area contributed by atoms with E-state index in [0.29, 0.717) is 0 Å². The van der Waals surface area contributed by atoms with Gasteiger partial charge < -0.3 is 5.32 Å². The van der Waals surface area contributed by atoms with Crippen LogP contribution in [0.4, 0.5) is 0 Å². The van der Waals surface area contributed by atoms with Crippen molar-refractivity contribution < 1.29 is 0 Å². The van der Waals surface area contributed by atoms with E-state index in [9.17, 15) is 0 Å². The highest BCUT2D eigenvalue weighted by Gasteiger charge is 2.22. The lowest BCUT2D eigenvalue weighted by Crippen LogP contribution is -2.34. The van der Waals surface area contributed by atoms with Crippen molar-refractivity contribution in [1.82, 2.24) is 5.32 Å². The van der Waals surface area contributed by atoms with E-state index in [1.165, 1.54) is 45.1 Å². The van der Waals surface area contributed by atoms with E-state index in [4.69, 9.17) is 0 Å². The normalized spacial score (nSPS) is 28.3. The Kier molecular flexibility index (Phi) is 5.54. The maximum Gasteiger partial charge on any atom is 0.00672 e. The van der Waals surface area contributed by atoms with E-state index in [1.807, 2.05) is 0 Å². The van der Waals surface area contributed by atoms with E-state index >= 15 is 0 Å². The lowest BCUT2D eigenvalue weighted by molar-refractivity contribution is 0.239. The molecule has 1 saturated carbocycles. The van der Waals surface area contributed by atoms with Crippen molar-refractivity contribution >= 4 is 0 Å². The van der Waals surface area contributed by atoms with Gasteiger partial charge in [-0.1, -0.05) is 27.2 Å². The molecule has 1 fully saturated rings. The second kappa shape index (κ2) is 6.44. The first-order valence-corrected chi connectivity index (χ1v) is 6.47. The van der Waals surface area contributed by atoms with Crippen LogP contribution in [0.3, 0.4) is 0 Å². The molecular formula is C13H27N. The zero-order valence-electron chi connectivity index (χ0n) is 10.2. The molecule has 0 heterocycles. The number of hydrogen-bond acceptors (Lipinski definition) is 1. The van der Waals surface area contributed by atoms with Gasteiger partial charge in [0.05, 0.1) is 0 Å². The van der Waals surface area contributed by atoms with Crippen molar-refractivity contribution in [1.29, 1.82) is 0 Å². The van der Waals surface area contributed by atoms with Gasteiger partial charge in [0, 0.05) is 6.04 Å². The highest BCUT2D eigenvalue weighted by atomic mass is 14.9. The number of unbranched alkanes of at least 4 members (excludes halogenated alkanes) is 1. The summed E-state index contributed by atoms with van der Waals surface area (Å²) < 4.78 is 0. The summed E-state index contributed by atoms with van der Waals surface area (Å²) in [6.45, 7) is 8.23. The topological polar surface area (TPSA) is 12.0 Å². The van der Waals surface area contributed by atoms with E-state index in [-0.39, 0.29) is 0 Å². The van der Waals surface area contributed by atoms with Crippen molar-refractivity contribution in [3.8, 4) is 0 Å². The summed E-state index contributed by atoms with van der Waals surface area (Å²) in [5, 5.41) is 3.68. The summed E-state index contributed by atoms with van der Waals surface area (Å²) in [6, 6.07) is 0.830. The van der Waals surface area contributed by atoms with Gasteiger partial charge in [-0.2, -0.15) is 0 Å². The second-order valence-corrected chi connectivity index (χ2v) is 5.16. The van der Waals surface area contributed by atoms with Crippen LogP contribution in [0.15, 0.2) is 0 Å². The van der Waals surface area contributed by atoms with Gasteiger partial charge in [0.15, 0.2) is 0 Å². The Bertz CT molecular complexity index is 134. The van der Waals surface area contributed by atoms with Crippen LogP contribution in [-0.2, 0) is 0 Å². The highest BCUT2D eigenvalue weighted by molar-refractivity contribution is 4.78. The van der Waals surface area contributed by atoms with Crippen LogP contribution in [-0.4, -0.2) is 12.6 Å². The Hall–Kier alpha value is -0.0400. The summed E-state index contributed by atoms with van der Waals surface area (Å²) >= 11 is 0. The Morgan fingerprint density at radius 1 is 1.14 bits per heavy atom. The minimum absolute atomic E-state index is 0.830. The molecule has 0 spiro atoms. The standard InChI is InChI=1S/C13H27N/c1-4-5-10-14-13-8-6-12(7-9-13)11(2)3/h11-14H,4-10H2,1-3H3/t12-,13+. The van der Waals surface area contributed by atoms with Crippen LogP contribution in [0.1, 0.15) is 59.3 Å². The van der Waals surface area contributed by atoms with E-state index in [2.05, 4.69) is 26.1 Å². The van der Waals surface area contributed by atoms with Crippen molar-refractivity contribution in [2.24, 2.45) is 11.8 Å². The number of nitrogens with one attached hydrogen (secondary N) is 1.